The second-order valence-corrected chi connectivity index (χ2v) is 5.71. The lowest BCUT2D eigenvalue weighted by molar-refractivity contribution is -0.121. The Bertz CT molecular complexity index is 836. The standard InChI is InChI=1S/C17H20N4O5/c1-24-8-2-7-18-15(22)6-4-12-17(23)19-16(21-20-12)11-3-5-13-14(9-11)26-10-25-13/h3,5,9H,2,4,6-8,10H2,1H3,(H,18,22)(H,19,21,23). The summed E-state index contributed by atoms with van der Waals surface area (Å²) in [5.74, 6) is 1.44. The number of carbonyl (C=O) groups excluding carboxylic acids is 1. The van der Waals surface area contributed by atoms with E-state index in [9.17, 15) is 9.59 Å². The summed E-state index contributed by atoms with van der Waals surface area (Å²) < 4.78 is 15.5. The molecule has 9 heteroatoms. The number of amides is 1. The van der Waals surface area contributed by atoms with Crippen molar-refractivity contribution in [1.82, 2.24) is 20.5 Å². The van der Waals surface area contributed by atoms with Crippen LogP contribution in [-0.4, -0.2) is 48.1 Å². The van der Waals surface area contributed by atoms with Gasteiger partial charge in [-0.2, -0.15) is 0 Å². The first-order valence-corrected chi connectivity index (χ1v) is 8.29. The summed E-state index contributed by atoms with van der Waals surface area (Å²) in [7, 11) is 1.61. The molecule has 2 N–H and O–H groups in total. The largest absolute Gasteiger partial charge is 0.454 e. The molecule has 0 unspecified atom stereocenters. The Morgan fingerprint density at radius 1 is 1.31 bits per heavy atom. The van der Waals surface area contributed by atoms with Crippen molar-refractivity contribution in [2.24, 2.45) is 0 Å². The van der Waals surface area contributed by atoms with Crippen LogP contribution in [0, 0.1) is 0 Å². The van der Waals surface area contributed by atoms with E-state index in [2.05, 4.69) is 20.5 Å². The zero-order chi connectivity index (χ0) is 18.4. The molecule has 2 aromatic rings. The van der Waals surface area contributed by atoms with E-state index in [1.807, 2.05) is 0 Å². The maximum absolute atomic E-state index is 12.2. The Morgan fingerprint density at radius 3 is 2.96 bits per heavy atom. The summed E-state index contributed by atoms with van der Waals surface area (Å²) in [4.78, 5) is 26.6. The molecule has 0 aliphatic carbocycles. The van der Waals surface area contributed by atoms with Crippen LogP contribution >= 0.6 is 0 Å². The molecule has 1 aromatic heterocycles. The number of hydrogen-bond acceptors (Lipinski definition) is 7. The van der Waals surface area contributed by atoms with Gasteiger partial charge in [-0.3, -0.25) is 9.59 Å². The molecular weight excluding hydrogens is 340 g/mol. The highest BCUT2D eigenvalue weighted by atomic mass is 16.7. The van der Waals surface area contributed by atoms with Crippen molar-refractivity contribution in [1.29, 1.82) is 0 Å². The molecule has 2 heterocycles. The van der Waals surface area contributed by atoms with Crippen molar-refractivity contribution >= 4 is 5.91 Å². The minimum atomic E-state index is -0.361. The topological polar surface area (TPSA) is 115 Å². The molecule has 0 atom stereocenters. The van der Waals surface area contributed by atoms with Crippen molar-refractivity contribution in [2.45, 2.75) is 19.3 Å². The van der Waals surface area contributed by atoms with E-state index < -0.39 is 0 Å². The summed E-state index contributed by atoms with van der Waals surface area (Å²) in [6.07, 6.45) is 1.14. The second kappa shape index (κ2) is 8.43. The van der Waals surface area contributed by atoms with Crippen LogP contribution in [0.1, 0.15) is 18.5 Å². The average Bonchev–Trinajstić information content (AvgIpc) is 3.12. The summed E-state index contributed by atoms with van der Waals surface area (Å²) in [5, 5.41) is 10.8. The quantitative estimate of drug-likeness (QED) is 0.664. The van der Waals surface area contributed by atoms with Gasteiger partial charge in [-0.25, -0.2) is 0 Å². The van der Waals surface area contributed by atoms with E-state index in [1.54, 1.807) is 25.3 Å². The Kier molecular flexibility index (Phi) is 5.80. The number of hydrogen-bond donors (Lipinski definition) is 2. The van der Waals surface area contributed by atoms with Crippen molar-refractivity contribution in [3.63, 3.8) is 0 Å². The fourth-order valence-corrected chi connectivity index (χ4v) is 2.46. The lowest BCUT2D eigenvalue weighted by atomic mass is 10.2. The van der Waals surface area contributed by atoms with Crippen LogP contribution < -0.4 is 20.3 Å². The molecule has 1 aliphatic rings. The lowest BCUT2D eigenvalue weighted by Gasteiger charge is -2.05. The molecule has 0 radical (unpaired) electrons. The maximum Gasteiger partial charge on any atom is 0.273 e. The van der Waals surface area contributed by atoms with Crippen LogP contribution in [0.2, 0.25) is 0 Å². The normalized spacial score (nSPS) is 12.2. The third-order valence-corrected chi connectivity index (χ3v) is 3.85. The van der Waals surface area contributed by atoms with Crippen LogP contribution in [0.15, 0.2) is 23.0 Å². The van der Waals surface area contributed by atoms with E-state index in [1.165, 1.54) is 0 Å². The van der Waals surface area contributed by atoms with E-state index in [0.29, 0.717) is 36.0 Å². The molecule has 3 rings (SSSR count). The van der Waals surface area contributed by atoms with Crippen molar-refractivity contribution in [3.8, 4) is 22.9 Å². The molecule has 1 amide bonds. The molecule has 1 aromatic carbocycles. The van der Waals surface area contributed by atoms with Gasteiger partial charge in [0.2, 0.25) is 12.7 Å². The fraction of sp³-hybridized carbons (Fsp3) is 0.412. The van der Waals surface area contributed by atoms with E-state index in [4.69, 9.17) is 14.2 Å². The van der Waals surface area contributed by atoms with Crippen LogP contribution in [0.4, 0.5) is 0 Å². The third-order valence-electron chi connectivity index (χ3n) is 3.85. The van der Waals surface area contributed by atoms with E-state index in [-0.39, 0.29) is 36.8 Å². The van der Waals surface area contributed by atoms with Gasteiger partial charge in [-0.1, -0.05) is 0 Å². The van der Waals surface area contributed by atoms with Crippen molar-refractivity contribution in [2.75, 3.05) is 27.1 Å². The number of rotatable bonds is 8. The molecular formula is C17H20N4O5. The maximum atomic E-state index is 12.2. The van der Waals surface area contributed by atoms with Gasteiger partial charge in [0.1, 0.15) is 5.69 Å². The monoisotopic (exact) mass is 360 g/mol. The predicted octanol–water partition coefficient (Wildman–Crippen LogP) is 0.646. The van der Waals surface area contributed by atoms with E-state index >= 15 is 0 Å². The number of aromatic amines is 1. The lowest BCUT2D eigenvalue weighted by Crippen LogP contribution is -2.27. The van der Waals surface area contributed by atoms with Gasteiger partial charge in [-0.15, -0.1) is 10.2 Å². The van der Waals surface area contributed by atoms with Gasteiger partial charge in [0, 0.05) is 38.7 Å². The third kappa shape index (κ3) is 4.37. The Balaban J connectivity index is 1.59. The molecule has 0 saturated carbocycles. The van der Waals surface area contributed by atoms with E-state index in [0.717, 1.165) is 6.42 Å². The number of nitrogens with zero attached hydrogens (tertiary/aromatic N) is 2. The number of carbonyl (C=O) groups is 1. The molecule has 26 heavy (non-hydrogen) atoms. The number of ether oxygens (including phenoxy) is 3. The van der Waals surface area contributed by atoms with Crippen LogP contribution in [0.5, 0.6) is 11.5 Å². The highest BCUT2D eigenvalue weighted by Crippen LogP contribution is 2.34. The minimum absolute atomic E-state index is 0.137. The van der Waals surface area contributed by atoms with Gasteiger partial charge in [0.25, 0.3) is 5.56 Å². The van der Waals surface area contributed by atoms with Gasteiger partial charge in [0.15, 0.2) is 17.3 Å². The molecule has 0 spiro atoms. The van der Waals surface area contributed by atoms with Crippen molar-refractivity contribution in [3.05, 3.63) is 34.2 Å². The summed E-state index contributed by atoms with van der Waals surface area (Å²) in [6.45, 7) is 1.30. The number of nitrogens with one attached hydrogen (secondary N) is 2. The number of H-pyrrole nitrogens is 1. The molecule has 0 bridgehead atoms. The first kappa shape index (κ1) is 17.9. The van der Waals surface area contributed by atoms with Crippen LogP contribution in [-0.2, 0) is 16.0 Å². The summed E-state index contributed by atoms with van der Waals surface area (Å²) in [6, 6.07) is 5.25. The number of methoxy groups -OCH3 is 1. The minimum Gasteiger partial charge on any atom is -0.454 e. The SMILES string of the molecule is COCCCNC(=O)CCc1nnc(-c2ccc3c(c2)OCO3)[nH]c1=O. The summed E-state index contributed by atoms with van der Waals surface area (Å²) in [5.41, 5.74) is 0.530. The Morgan fingerprint density at radius 2 is 2.15 bits per heavy atom. The summed E-state index contributed by atoms with van der Waals surface area (Å²) >= 11 is 0. The van der Waals surface area contributed by atoms with Crippen molar-refractivity contribution < 1.29 is 19.0 Å². The zero-order valence-electron chi connectivity index (χ0n) is 14.4. The molecule has 0 fully saturated rings. The average molecular weight is 360 g/mol. The van der Waals surface area contributed by atoms with Crippen LogP contribution in [0.3, 0.4) is 0 Å². The highest BCUT2D eigenvalue weighted by molar-refractivity contribution is 5.76. The number of aryl methyl sites for hydroxylation is 1. The smallest absolute Gasteiger partial charge is 0.273 e. The Labute approximate surface area is 149 Å². The molecule has 0 saturated heterocycles. The Hall–Kier alpha value is -2.94. The zero-order valence-corrected chi connectivity index (χ0v) is 14.4. The predicted molar refractivity (Wildman–Crippen MR) is 92.0 cm³/mol. The van der Waals surface area contributed by atoms with Gasteiger partial charge in [0.05, 0.1) is 0 Å². The highest BCUT2D eigenvalue weighted by Gasteiger charge is 2.15. The molecule has 1 aliphatic heterocycles. The first-order chi connectivity index (χ1) is 12.7. The van der Waals surface area contributed by atoms with Gasteiger partial charge >= 0.3 is 0 Å². The second-order valence-electron chi connectivity index (χ2n) is 5.71. The van der Waals surface area contributed by atoms with Gasteiger partial charge < -0.3 is 24.5 Å². The van der Waals surface area contributed by atoms with Gasteiger partial charge in [-0.05, 0) is 24.6 Å². The number of aromatic nitrogens is 3. The van der Waals surface area contributed by atoms with Crippen LogP contribution in [0.25, 0.3) is 11.4 Å². The molecule has 138 valence electrons. The number of fused-ring (bicyclic) bond motifs is 1. The fourth-order valence-electron chi connectivity index (χ4n) is 2.46. The first-order valence-electron chi connectivity index (χ1n) is 8.29. The number of benzene rings is 1. The molecule has 9 nitrogen and oxygen atoms in total.